The minimum absolute atomic E-state index is 0.0931. The first-order valence-electron chi connectivity index (χ1n) is 8.06. The zero-order valence-corrected chi connectivity index (χ0v) is 16.4. The third kappa shape index (κ3) is 7.34. The third-order valence-electron chi connectivity index (χ3n) is 3.35. The van der Waals surface area contributed by atoms with Crippen LogP contribution in [0.25, 0.3) is 6.08 Å². The fourth-order valence-electron chi connectivity index (χ4n) is 1.95. The van der Waals surface area contributed by atoms with Crippen LogP contribution in [-0.2, 0) is 9.59 Å². The molecule has 2 amide bonds. The van der Waals surface area contributed by atoms with Crippen molar-refractivity contribution >= 4 is 46.8 Å². The van der Waals surface area contributed by atoms with Crippen LogP contribution in [0.2, 0.25) is 5.02 Å². The van der Waals surface area contributed by atoms with E-state index in [0.29, 0.717) is 16.3 Å². The Kier molecular flexibility index (Phi) is 7.91. The van der Waals surface area contributed by atoms with Crippen molar-refractivity contribution in [1.29, 1.82) is 0 Å². The van der Waals surface area contributed by atoms with Gasteiger partial charge in [-0.25, -0.2) is 4.39 Å². The van der Waals surface area contributed by atoms with Crippen LogP contribution in [0.15, 0.2) is 48.5 Å². The maximum atomic E-state index is 12.8. The summed E-state index contributed by atoms with van der Waals surface area (Å²) < 4.78 is 18.1. The lowest BCUT2D eigenvalue weighted by Crippen LogP contribution is -2.49. The Morgan fingerprint density at radius 3 is 2.57 bits per heavy atom. The molecule has 0 saturated heterocycles. The highest BCUT2D eigenvalue weighted by Crippen LogP contribution is 2.20. The van der Waals surface area contributed by atoms with Gasteiger partial charge in [-0.05, 0) is 66.7 Å². The highest BCUT2D eigenvalue weighted by molar-refractivity contribution is 7.80. The number of hydrogen-bond acceptors (Lipinski definition) is 4. The van der Waals surface area contributed by atoms with Crippen molar-refractivity contribution in [2.75, 3.05) is 6.61 Å². The molecule has 0 saturated carbocycles. The number of halogens is 2. The summed E-state index contributed by atoms with van der Waals surface area (Å²) in [5, 5.41) is 2.87. The number of ether oxygens (including phenoxy) is 1. The number of carbonyl (C=O) groups is 2. The van der Waals surface area contributed by atoms with Gasteiger partial charge >= 0.3 is 0 Å². The average Bonchev–Trinajstić information content (AvgIpc) is 2.67. The molecule has 0 aliphatic rings. The van der Waals surface area contributed by atoms with Gasteiger partial charge in [0.05, 0.1) is 0 Å². The van der Waals surface area contributed by atoms with Gasteiger partial charge in [-0.2, -0.15) is 0 Å². The van der Waals surface area contributed by atoms with Gasteiger partial charge in [0.1, 0.15) is 11.6 Å². The van der Waals surface area contributed by atoms with Crippen LogP contribution in [0, 0.1) is 12.7 Å². The largest absolute Gasteiger partial charge is 0.484 e. The lowest BCUT2D eigenvalue weighted by Gasteiger charge is -2.11. The Bertz CT molecular complexity index is 904. The molecule has 3 N–H and O–H groups in total. The van der Waals surface area contributed by atoms with Crippen LogP contribution in [0.3, 0.4) is 0 Å². The minimum atomic E-state index is -0.510. The number of amides is 2. The van der Waals surface area contributed by atoms with E-state index in [1.54, 1.807) is 18.2 Å². The summed E-state index contributed by atoms with van der Waals surface area (Å²) in [5.74, 6) is -0.869. The Labute approximate surface area is 171 Å². The van der Waals surface area contributed by atoms with Crippen LogP contribution in [0.4, 0.5) is 4.39 Å². The van der Waals surface area contributed by atoms with Crippen LogP contribution in [0.1, 0.15) is 11.1 Å². The van der Waals surface area contributed by atoms with E-state index < -0.39 is 11.8 Å². The SMILES string of the molecule is Cc1cc(OCC(=O)NNC(=S)NC(=O)/C=C/c2ccc(F)cc2)ccc1Cl. The quantitative estimate of drug-likeness (QED) is 0.393. The number of rotatable bonds is 5. The normalized spacial score (nSPS) is 10.4. The summed E-state index contributed by atoms with van der Waals surface area (Å²) in [6.45, 7) is 1.57. The Balaban J connectivity index is 1.70. The molecule has 6 nitrogen and oxygen atoms in total. The molecular formula is C19H17ClFN3O3S. The van der Waals surface area contributed by atoms with Crippen molar-refractivity contribution in [1.82, 2.24) is 16.2 Å². The highest BCUT2D eigenvalue weighted by atomic mass is 35.5. The first kappa shape index (κ1) is 21.3. The number of nitrogens with one attached hydrogen (secondary N) is 3. The smallest absolute Gasteiger partial charge is 0.276 e. The molecule has 0 aromatic heterocycles. The number of thiocarbonyl (C=S) groups is 1. The molecular weight excluding hydrogens is 405 g/mol. The Morgan fingerprint density at radius 2 is 1.89 bits per heavy atom. The van der Waals surface area contributed by atoms with E-state index in [1.807, 2.05) is 6.92 Å². The molecule has 0 heterocycles. The molecule has 2 rings (SSSR count). The Morgan fingerprint density at radius 1 is 1.18 bits per heavy atom. The summed E-state index contributed by atoms with van der Waals surface area (Å²) in [6, 6.07) is 10.7. The van der Waals surface area contributed by atoms with E-state index in [4.69, 9.17) is 28.6 Å². The molecule has 2 aromatic carbocycles. The second-order valence-electron chi connectivity index (χ2n) is 5.58. The van der Waals surface area contributed by atoms with E-state index in [1.165, 1.54) is 36.4 Å². The van der Waals surface area contributed by atoms with E-state index in [-0.39, 0.29) is 17.5 Å². The first-order valence-corrected chi connectivity index (χ1v) is 8.84. The highest BCUT2D eigenvalue weighted by Gasteiger charge is 2.06. The van der Waals surface area contributed by atoms with Crippen molar-refractivity contribution in [3.05, 3.63) is 70.5 Å². The summed E-state index contributed by atoms with van der Waals surface area (Å²) in [5.41, 5.74) is 6.17. The number of aryl methyl sites for hydroxylation is 1. The van der Waals surface area contributed by atoms with Gasteiger partial charge in [0.15, 0.2) is 11.7 Å². The lowest BCUT2D eigenvalue weighted by atomic mass is 10.2. The predicted octanol–water partition coefficient (Wildman–Crippen LogP) is 2.90. The molecule has 0 spiro atoms. The summed E-state index contributed by atoms with van der Waals surface area (Å²) in [7, 11) is 0. The third-order valence-corrected chi connectivity index (χ3v) is 3.98. The van der Waals surface area contributed by atoms with Crippen LogP contribution in [-0.4, -0.2) is 23.5 Å². The standard InChI is InChI=1S/C19H17ClFN3O3S/c1-12-10-15(7-8-16(12)20)27-11-18(26)23-24-19(28)22-17(25)9-4-13-2-5-14(21)6-3-13/h2-10H,11H2,1H3,(H,23,26)(H2,22,24,25,28)/b9-4+. The van der Waals surface area contributed by atoms with Crippen molar-refractivity contribution in [2.24, 2.45) is 0 Å². The van der Waals surface area contributed by atoms with Crippen molar-refractivity contribution in [2.45, 2.75) is 6.92 Å². The number of hydrogen-bond donors (Lipinski definition) is 3. The van der Waals surface area contributed by atoms with Gasteiger partial charge in [0.25, 0.3) is 5.91 Å². The number of carbonyl (C=O) groups excluding carboxylic acids is 2. The van der Waals surface area contributed by atoms with Crippen LogP contribution < -0.4 is 20.9 Å². The van der Waals surface area contributed by atoms with Gasteiger partial charge in [-0.3, -0.25) is 25.8 Å². The van der Waals surface area contributed by atoms with Crippen LogP contribution in [0.5, 0.6) is 5.75 Å². The molecule has 0 fully saturated rings. The molecule has 0 bridgehead atoms. The molecule has 2 aromatic rings. The fourth-order valence-corrected chi connectivity index (χ4v) is 2.22. The molecule has 0 atom stereocenters. The lowest BCUT2D eigenvalue weighted by molar-refractivity contribution is -0.123. The van der Waals surface area contributed by atoms with E-state index in [2.05, 4.69) is 16.2 Å². The molecule has 0 aliphatic carbocycles. The van der Waals surface area contributed by atoms with Crippen LogP contribution >= 0.6 is 23.8 Å². The molecule has 146 valence electrons. The zero-order chi connectivity index (χ0) is 20.5. The predicted molar refractivity (Wildman–Crippen MR) is 109 cm³/mol. The second kappa shape index (κ2) is 10.4. The van der Waals surface area contributed by atoms with E-state index in [9.17, 15) is 14.0 Å². The monoisotopic (exact) mass is 421 g/mol. The topological polar surface area (TPSA) is 79.5 Å². The summed E-state index contributed by atoms with van der Waals surface area (Å²) in [6.07, 6.45) is 2.73. The van der Waals surface area contributed by atoms with Crippen molar-refractivity contribution in [3.63, 3.8) is 0 Å². The average molecular weight is 422 g/mol. The second-order valence-corrected chi connectivity index (χ2v) is 6.39. The van der Waals surface area contributed by atoms with Crippen molar-refractivity contribution in [3.8, 4) is 5.75 Å². The maximum Gasteiger partial charge on any atom is 0.276 e. The molecule has 0 unspecified atom stereocenters. The van der Waals surface area contributed by atoms with Gasteiger partial charge in [-0.15, -0.1) is 0 Å². The minimum Gasteiger partial charge on any atom is -0.484 e. The van der Waals surface area contributed by atoms with Crippen molar-refractivity contribution < 1.29 is 18.7 Å². The van der Waals surface area contributed by atoms with Gasteiger partial charge in [0.2, 0.25) is 5.91 Å². The molecule has 9 heteroatoms. The van der Waals surface area contributed by atoms with Gasteiger partial charge in [-0.1, -0.05) is 23.7 Å². The summed E-state index contributed by atoms with van der Waals surface area (Å²) in [4.78, 5) is 23.5. The van der Waals surface area contributed by atoms with Gasteiger partial charge in [0, 0.05) is 11.1 Å². The maximum absolute atomic E-state index is 12.8. The zero-order valence-electron chi connectivity index (χ0n) is 14.8. The van der Waals surface area contributed by atoms with E-state index >= 15 is 0 Å². The first-order chi connectivity index (χ1) is 13.3. The Hall–Kier alpha value is -2.97. The van der Waals surface area contributed by atoms with Gasteiger partial charge < -0.3 is 4.74 Å². The molecule has 28 heavy (non-hydrogen) atoms. The molecule has 0 aliphatic heterocycles. The fraction of sp³-hybridized carbons (Fsp3) is 0.105. The van der Waals surface area contributed by atoms with E-state index in [0.717, 1.165) is 5.56 Å². The summed E-state index contributed by atoms with van der Waals surface area (Å²) >= 11 is 10.8. The molecule has 0 radical (unpaired) electrons. The number of hydrazine groups is 1. The number of benzene rings is 2.